The van der Waals surface area contributed by atoms with Crippen molar-refractivity contribution in [1.29, 1.82) is 0 Å². The lowest BCUT2D eigenvalue weighted by Gasteiger charge is -2.21. The molecule has 0 aromatic carbocycles. The van der Waals surface area contributed by atoms with Crippen molar-refractivity contribution < 1.29 is 14.3 Å². The molecule has 0 spiro atoms. The SMILES string of the molecule is CC[C@H]1O[C@@H](n2cnc3c(Cl)nnnc32)[C@H](OC(C)=O)[C@@H]1C. The summed E-state index contributed by atoms with van der Waals surface area (Å²) in [6, 6.07) is 0. The summed E-state index contributed by atoms with van der Waals surface area (Å²) < 4.78 is 13.2. The van der Waals surface area contributed by atoms with E-state index < -0.39 is 12.3 Å². The van der Waals surface area contributed by atoms with Crippen molar-refractivity contribution in [2.24, 2.45) is 5.92 Å². The molecule has 4 atom stereocenters. The maximum Gasteiger partial charge on any atom is 0.303 e. The van der Waals surface area contributed by atoms with Crippen molar-refractivity contribution in [3.8, 4) is 0 Å². The van der Waals surface area contributed by atoms with Crippen LogP contribution in [0.2, 0.25) is 5.15 Å². The van der Waals surface area contributed by atoms with E-state index in [-0.39, 0.29) is 23.1 Å². The molecule has 1 saturated heterocycles. The summed E-state index contributed by atoms with van der Waals surface area (Å²) in [6.45, 7) is 5.41. The van der Waals surface area contributed by atoms with Crippen LogP contribution in [0, 0.1) is 5.92 Å². The van der Waals surface area contributed by atoms with Gasteiger partial charge in [0.25, 0.3) is 0 Å². The molecule has 22 heavy (non-hydrogen) atoms. The van der Waals surface area contributed by atoms with E-state index >= 15 is 0 Å². The van der Waals surface area contributed by atoms with E-state index in [1.807, 2.05) is 13.8 Å². The molecule has 3 heterocycles. The zero-order valence-corrected chi connectivity index (χ0v) is 13.2. The first-order valence-electron chi connectivity index (χ1n) is 7.07. The highest BCUT2D eigenvalue weighted by Gasteiger charge is 2.45. The Labute approximate surface area is 131 Å². The molecule has 1 aliphatic heterocycles. The second kappa shape index (κ2) is 5.77. The van der Waals surface area contributed by atoms with E-state index in [0.717, 1.165) is 6.42 Å². The summed E-state index contributed by atoms with van der Waals surface area (Å²) in [6.07, 6.45) is 1.42. The highest BCUT2D eigenvalue weighted by molar-refractivity contribution is 6.33. The topological polar surface area (TPSA) is 92.0 Å². The Balaban J connectivity index is 2.03. The smallest absolute Gasteiger partial charge is 0.303 e. The molecule has 0 N–H and O–H groups in total. The van der Waals surface area contributed by atoms with Crippen molar-refractivity contribution in [2.75, 3.05) is 0 Å². The molecule has 1 aliphatic rings. The molecule has 0 bridgehead atoms. The Bertz CT molecular complexity index is 706. The van der Waals surface area contributed by atoms with E-state index in [1.54, 1.807) is 10.9 Å². The van der Waals surface area contributed by atoms with Gasteiger partial charge in [-0.2, -0.15) is 0 Å². The third-order valence-corrected chi connectivity index (χ3v) is 4.17. The Morgan fingerprint density at radius 1 is 1.50 bits per heavy atom. The van der Waals surface area contributed by atoms with Crippen LogP contribution in [-0.2, 0) is 14.3 Å². The average Bonchev–Trinajstić information content (AvgIpc) is 3.02. The van der Waals surface area contributed by atoms with Gasteiger partial charge in [-0.15, -0.1) is 10.2 Å². The highest BCUT2D eigenvalue weighted by atomic mass is 35.5. The molecule has 0 unspecified atom stereocenters. The van der Waals surface area contributed by atoms with Gasteiger partial charge < -0.3 is 9.47 Å². The maximum atomic E-state index is 11.4. The van der Waals surface area contributed by atoms with Crippen LogP contribution >= 0.6 is 11.6 Å². The van der Waals surface area contributed by atoms with Gasteiger partial charge in [0, 0.05) is 12.8 Å². The van der Waals surface area contributed by atoms with E-state index in [2.05, 4.69) is 20.4 Å². The average molecular weight is 326 g/mol. The molecule has 8 nitrogen and oxygen atoms in total. The minimum atomic E-state index is -0.512. The van der Waals surface area contributed by atoms with Crippen molar-refractivity contribution >= 4 is 28.7 Å². The monoisotopic (exact) mass is 325 g/mol. The Hall–Kier alpha value is -1.80. The summed E-state index contributed by atoms with van der Waals surface area (Å²) >= 11 is 5.97. The molecule has 2 aromatic heterocycles. The number of ether oxygens (including phenoxy) is 2. The maximum absolute atomic E-state index is 11.4. The van der Waals surface area contributed by atoms with Crippen LogP contribution in [0.5, 0.6) is 0 Å². The summed E-state index contributed by atoms with van der Waals surface area (Å²) in [5, 5.41) is 11.4. The molecule has 0 aliphatic carbocycles. The van der Waals surface area contributed by atoms with Gasteiger partial charge in [0.15, 0.2) is 23.1 Å². The van der Waals surface area contributed by atoms with Crippen LogP contribution in [0.15, 0.2) is 6.33 Å². The number of carbonyl (C=O) groups excluding carboxylic acids is 1. The van der Waals surface area contributed by atoms with E-state index in [0.29, 0.717) is 11.2 Å². The number of hydrogen-bond donors (Lipinski definition) is 0. The highest BCUT2D eigenvalue weighted by Crippen LogP contribution is 2.38. The molecule has 0 saturated carbocycles. The van der Waals surface area contributed by atoms with Gasteiger partial charge >= 0.3 is 5.97 Å². The van der Waals surface area contributed by atoms with Gasteiger partial charge in [0.05, 0.1) is 12.4 Å². The normalized spacial score (nSPS) is 28.2. The van der Waals surface area contributed by atoms with Crippen LogP contribution in [0.1, 0.15) is 33.4 Å². The van der Waals surface area contributed by atoms with Gasteiger partial charge in [0.2, 0.25) is 0 Å². The zero-order valence-electron chi connectivity index (χ0n) is 12.4. The molecule has 9 heteroatoms. The minimum absolute atomic E-state index is 0.0166. The van der Waals surface area contributed by atoms with Gasteiger partial charge in [-0.25, -0.2) is 4.98 Å². The molecule has 0 amide bonds. The summed E-state index contributed by atoms with van der Waals surface area (Å²) in [5.41, 5.74) is 0.889. The molecule has 118 valence electrons. The van der Waals surface area contributed by atoms with E-state index in [4.69, 9.17) is 21.1 Å². The number of esters is 1. The van der Waals surface area contributed by atoms with Gasteiger partial charge in [-0.1, -0.05) is 25.4 Å². The van der Waals surface area contributed by atoms with Gasteiger partial charge in [0.1, 0.15) is 5.52 Å². The lowest BCUT2D eigenvalue weighted by Crippen LogP contribution is -2.29. The van der Waals surface area contributed by atoms with Crippen LogP contribution in [-0.4, -0.2) is 43.1 Å². The number of imidazole rings is 1. The lowest BCUT2D eigenvalue weighted by atomic mass is 9.98. The van der Waals surface area contributed by atoms with Crippen molar-refractivity contribution in [1.82, 2.24) is 25.0 Å². The van der Waals surface area contributed by atoms with Crippen LogP contribution in [0.25, 0.3) is 11.2 Å². The molecule has 0 radical (unpaired) electrons. The zero-order chi connectivity index (χ0) is 15.9. The second-order valence-corrected chi connectivity index (χ2v) is 5.67. The fraction of sp³-hybridized carbons (Fsp3) is 0.615. The second-order valence-electron chi connectivity index (χ2n) is 5.31. The number of aromatic nitrogens is 5. The van der Waals surface area contributed by atoms with E-state index in [1.165, 1.54) is 6.92 Å². The predicted octanol–water partition coefficient (Wildman–Crippen LogP) is 1.75. The Morgan fingerprint density at radius 3 is 2.95 bits per heavy atom. The number of rotatable bonds is 3. The summed E-state index contributed by atoms with van der Waals surface area (Å²) in [7, 11) is 0. The Kier molecular flexibility index (Phi) is 3.96. The Morgan fingerprint density at radius 2 is 2.27 bits per heavy atom. The number of nitrogens with zero attached hydrogens (tertiary/aromatic N) is 5. The summed E-state index contributed by atoms with van der Waals surface area (Å²) in [5.74, 6) is -0.293. The van der Waals surface area contributed by atoms with Crippen molar-refractivity contribution in [2.45, 2.75) is 45.6 Å². The van der Waals surface area contributed by atoms with Crippen LogP contribution in [0.4, 0.5) is 0 Å². The molecular formula is C13H16ClN5O3. The standard InChI is InChI=1S/C13H16ClN5O3/c1-4-8-6(2)10(21-7(3)20)13(22-8)19-5-15-9-11(14)16-18-17-12(9)19/h5-6,8,10,13H,4H2,1-3H3/t6-,8-,10-,13-/m1/s1. The lowest BCUT2D eigenvalue weighted by molar-refractivity contribution is -0.153. The van der Waals surface area contributed by atoms with Crippen molar-refractivity contribution in [3.05, 3.63) is 11.5 Å². The fourth-order valence-corrected chi connectivity index (χ4v) is 3.00. The van der Waals surface area contributed by atoms with Gasteiger partial charge in [-0.3, -0.25) is 9.36 Å². The first kappa shape index (κ1) is 15.1. The van der Waals surface area contributed by atoms with Crippen LogP contribution in [0.3, 0.4) is 0 Å². The predicted molar refractivity (Wildman–Crippen MR) is 77.0 cm³/mol. The third kappa shape index (κ3) is 2.42. The molecule has 3 rings (SSSR count). The number of carbonyl (C=O) groups is 1. The van der Waals surface area contributed by atoms with E-state index in [9.17, 15) is 4.79 Å². The molecule has 1 fully saturated rings. The van der Waals surface area contributed by atoms with Gasteiger partial charge in [-0.05, 0) is 11.6 Å². The summed E-state index contributed by atoms with van der Waals surface area (Å²) in [4.78, 5) is 15.6. The largest absolute Gasteiger partial charge is 0.457 e. The molecule has 2 aromatic rings. The molecular weight excluding hydrogens is 310 g/mol. The third-order valence-electron chi connectivity index (χ3n) is 3.91. The quantitative estimate of drug-likeness (QED) is 0.794. The minimum Gasteiger partial charge on any atom is -0.457 e. The number of hydrogen-bond acceptors (Lipinski definition) is 7. The van der Waals surface area contributed by atoms with Crippen LogP contribution < -0.4 is 0 Å². The first-order chi connectivity index (χ1) is 10.5. The van der Waals surface area contributed by atoms with Crippen molar-refractivity contribution in [3.63, 3.8) is 0 Å². The number of halogens is 1. The first-order valence-corrected chi connectivity index (χ1v) is 7.44. The number of fused-ring (bicyclic) bond motifs is 1. The fourth-order valence-electron chi connectivity index (χ4n) is 2.84.